The van der Waals surface area contributed by atoms with E-state index in [-0.39, 0.29) is 17.8 Å². The lowest BCUT2D eigenvalue weighted by Gasteiger charge is -2.15. The van der Waals surface area contributed by atoms with Gasteiger partial charge in [-0.25, -0.2) is 17.6 Å². The zero-order chi connectivity index (χ0) is 24.6. The molecule has 1 amide bonds. The summed E-state index contributed by atoms with van der Waals surface area (Å²) in [5.74, 6) is -9.51. The van der Waals surface area contributed by atoms with Crippen LogP contribution < -0.4 is 10.1 Å². The number of tetrazole rings is 1. The average Bonchev–Trinajstić information content (AvgIpc) is 3.46. The van der Waals surface area contributed by atoms with Crippen molar-refractivity contribution in [2.75, 3.05) is 5.32 Å². The summed E-state index contributed by atoms with van der Waals surface area (Å²) < 4.78 is 99.9. The monoisotopic (exact) mass is 487 g/mol. The van der Waals surface area contributed by atoms with E-state index in [1.54, 1.807) is 0 Å². The molecule has 2 N–H and O–H groups in total. The Hall–Kier alpha value is -3.97. The van der Waals surface area contributed by atoms with Crippen molar-refractivity contribution in [1.29, 1.82) is 0 Å². The van der Waals surface area contributed by atoms with E-state index in [1.165, 1.54) is 0 Å². The molecule has 1 aromatic heterocycles. The van der Waals surface area contributed by atoms with E-state index in [9.17, 15) is 35.5 Å². The van der Waals surface area contributed by atoms with E-state index in [0.29, 0.717) is 24.5 Å². The zero-order valence-electron chi connectivity index (χ0n) is 16.7. The van der Waals surface area contributed by atoms with Gasteiger partial charge in [-0.05, 0) is 42.2 Å². The number of ether oxygens (including phenoxy) is 1. The average molecular weight is 487 g/mol. The predicted octanol–water partition coefficient (Wildman–Crippen LogP) is 4.90. The van der Waals surface area contributed by atoms with Gasteiger partial charge in [0.25, 0.3) is 5.91 Å². The first-order valence-electron chi connectivity index (χ1n) is 9.56. The van der Waals surface area contributed by atoms with E-state index in [1.807, 2.05) is 5.32 Å². The van der Waals surface area contributed by atoms with Gasteiger partial charge in [0.1, 0.15) is 11.4 Å². The molecule has 0 fully saturated rings. The largest absolute Gasteiger partial charge is 0.573 e. The maximum Gasteiger partial charge on any atom is 0.573 e. The molecule has 0 saturated carbocycles. The number of aromatic nitrogens is 4. The van der Waals surface area contributed by atoms with Crippen molar-refractivity contribution >= 4 is 17.2 Å². The van der Waals surface area contributed by atoms with Crippen molar-refractivity contribution < 1.29 is 40.3 Å². The van der Waals surface area contributed by atoms with Gasteiger partial charge >= 0.3 is 6.36 Å². The molecule has 14 heteroatoms. The quantitative estimate of drug-likeness (QED) is 0.395. The molecule has 0 bridgehead atoms. The van der Waals surface area contributed by atoms with E-state index < -0.39 is 58.1 Å². The maximum absolute atomic E-state index is 14.7. The number of hydrogen-bond donors (Lipinski definition) is 2. The Kier molecular flexibility index (Phi) is 5.98. The van der Waals surface area contributed by atoms with Gasteiger partial charge in [0.2, 0.25) is 5.82 Å². The van der Waals surface area contributed by atoms with Gasteiger partial charge < -0.3 is 10.1 Å². The summed E-state index contributed by atoms with van der Waals surface area (Å²) in [6, 6.07) is 3.28. The normalized spacial score (nSPS) is 14.0. The molecule has 0 spiro atoms. The summed E-state index contributed by atoms with van der Waals surface area (Å²) in [5.41, 5.74) is -2.87. The molecule has 3 aromatic rings. The SMILES string of the molecule is O=C(Nc1c(F)c(F)c(-c2cccc(OC(F)(F)F)c2)c(F)c1F)C1=C(c2nn[nH]n2)CCC1. The molecule has 0 unspecified atom stereocenters. The van der Waals surface area contributed by atoms with Crippen LogP contribution in [0.3, 0.4) is 0 Å². The topological polar surface area (TPSA) is 92.8 Å². The lowest BCUT2D eigenvalue weighted by Crippen LogP contribution is -2.18. The van der Waals surface area contributed by atoms with Crippen LogP contribution in [-0.4, -0.2) is 32.9 Å². The van der Waals surface area contributed by atoms with Crippen molar-refractivity contribution in [3.8, 4) is 16.9 Å². The van der Waals surface area contributed by atoms with Crippen molar-refractivity contribution in [2.24, 2.45) is 0 Å². The zero-order valence-corrected chi connectivity index (χ0v) is 16.7. The fourth-order valence-corrected chi connectivity index (χ4v) is 3.56. The number of hydrogen-bond acceptors (Lipinski definition) is 5. The molecule has 1 heterocycles. The Morgan fingerprint density at radius 1 is 1.03 bits per heavy atom. The number of nitrogens with one attached hydrogen (secondary N) is 2. The lowest BCUT2D eigenvalue weighted by molar-refractivity contribution is -0.274. The van der Waals surface area contributed by atoms with E-state index in [4.69, 9.17) is 0 Å². The van der Waals surface area contributed by atoms with E-state index >= 15 is 0 Å². The standard InChI is InChI=1S/C20H12F7N5O2/c21-13-12(8-3-1-4-9(7-8)34-20(25,26)27)14(22)16(24)17(15(13)23)28-19(33)11-6-2-5-10(11)18-29-31-32-30-18/h1,3-4,7H,2,5-6H2,(H,28,33)(H,29,30,31,32). The van der Waals surface area contributed by atoms with Crippen LogP contribution in [0.4, 0.5) is 36.4 Å². The minimum Gasteiger partial charge on any atom is -0.406 e. The highest BCUT2D eigenvalue weighted by atomic mass is 19.4. The second-order valence-electron chi connectivity index (χ2n) is 7.08. The Bertz CT molecular complexity index is 1260. The van der Waals surface area contributed by atoms with Crippen LogP contribution in [0.2, 0.25) is 0 Å². The second-order valence-corrected chi connectivity index (χ2v) is 7.08. The van der Waals surface area contributed by atoms with Crippen LogP contribution in [0.15, 0.2) is 29.8 Å². The number of rotatable bonds is 5. The molecule has 1 aliphatic carbocycles. The van der Waals surface area contributed by atoms with Crippen molar-refractivity contribution in [3.05, 3.63) is 58.9 Å². The highest BCUT2D eigenvalue weighted by Gasteiger charge is 2.33. The summed E-state index contributed by atoms with van der Waals surface area (Å²) in [7, 11) is 0. The number of aromatic amines is 1. The second kappa shape index (κ2) is 8.76. The van der Waals surface area contributed by atoms with Gasteiger partial charge in [-0.1, -0.05) is 12.1 Å². The van der Waals surface area contributed by atoms with Crippen LogP contribution in [0.1, 0.15) is 25.1 Å². The molecule has 7 nitrogen and oxygen atoms in total. The smallest absolute Gasteiger partial charge is 0.406 e. The van der Waals surface area contributed by atoms with E-state index in [0.717, 1.165) is 18.2 Å². The van der Waals surface area contributed by atoms with E-state index in [2.05, 4.69) is 25.4 Å². The third-order valence-electron chi connectivity index (χ3n) is 4.97. The number of allylic oxidation sites excluding steroid dienone is 1. The Labute approximate surface area is 185 Å². The summed E-state index contributed by atoms with van der Waals surface area (Å²) >= 11 is 0. The molecule has 34 heavy (non-hydrogen) atoms. The Morgan fingerprint density at radius 2 is 1.74 bits per heavy atom. The molecule has 0 atom stereocenters. The third kappa shape index (κ3) is 4.43. The fourth-order valence-electron chi connectivity index (χ4n) is 3.56. The minimum absolute atomic E-state index is 0.0575. The first-order chi connectivity index (χ1) is 16.1. The highest BCUT2D eigenvalue weighted by molar-refractivity contribution is 6.09. The Balaban J connectivity index is 1.71. The van der Waals surface area contributed by atoms with Gasteiger partial charge in [-0.15, -0.1) is 23.4 Å². The summed E-state index contributed by atoms with van der Waals surface area (Å²) in [6.07, 6.45) is -4.05. The molecule has 178 valence electrons. The summed E-state index contributed by atoms with van der Waals surface area (Å²) in [5, 5.41) is 14.9. The number of nitrogens with zero attached hydrogens (tertiary/aromatic N) is 3. The van der Waals surface area contributed by atoms with Crippen molar-refractivity contribution in [2.45, 2.75) is 25.6 Å². The predicted molar refractivity (Wildman–Crippen MR) is 102 cm³/mol. The molecule has 0 radical (unpaired) electrons. The number of amides is 1. The van der Waals surface area contributed by atoms with Crippen molar-refractivity contribution in [3.63, 3.8) is 0 Å². The van der Waals surface area contributed by atoms with Crippen LogP contribution in [0.25, 0.3) is 16.7 Å². The molecular weight excluding hydrogens is 475 g/mol. The Morgan fingerprint density at radius 3 is 2.35 bits per heavy atom. The van der Waals surface area contributed by atoms with Gasteiger partial charge in [-0.3, -0.25) is 4.79 Å². The van der Waals surface area contributed by atoms with Crippen LogP contribution in [-0.2, 0) is 4.79 Å². The maximum atomic E-state index is 14.7. The van der Waals surface area contributed by atoms with Gasteiger partial charge in [-0.2, -0.15) is 5.21 Å². The number of halogens is 7. The van der Waals surface area contributed by atoms with Crippen LogP contribution in [0, 0.1) is 23.3 Å². The lowest BCUT2D eigenvalue weighted by atomic mass is 10.0. The number of carbonyl (C=O) groups is 1. The summed E-state index contributed by atoms with van der Waals surface area (Å²) in [4.78, 5) is 12.6. The first kappa shape index (κ1) is 23.2. The molecule has 4 rings (SSSR count). The molecular formula is C20H12F7N5O2. The molecule has 1 aliphatic rings. The number of alkyl halides is 3. The number of anilines is 1. The molecule has 0 aliphatic heterocycles. The number of benzene rings is 2. The highest BCUT2D eigenvalue weighted by Crippen LogP contribution is 2.38. The van der Waals surface area contributed by atoms with Gasteiger partial charge in [0.05, 0.1) is 5.56 Å². The van der Waals surface area contributed by atoms with Crippen molar-refractivity contribution in [1.82, 2.24) is 20.6 Å². The number of H-pyrrole nitrogens is 1. The number of carbonyl (C=O) groups excluding carboxylic acids is 1. The van der Waals surface area contributed by atoms with Crippen LogP contribution in [0.5, 0.6) is 5.75 Å². The minimum atomic E-state index is -5.10. The van der Waals surface area contributed by atoms with Gasteiger partial charge in [0, 0.05) is 11.1 Å². The fraction of sp³-hybridized carbons (Fsp3) is 0.200. The van der Waals surface area contributed by atoms with Gasteiger partial charge in [0.15, 0.2) is 23.3 Å². The third-order valence-corrected chi connectivity index (χ3v) is 4.97. The first-order valence-corrected chi connectivity index (χ1v) is 9.56. The molecule has 2 aromatic carbocycles. The van der Waals surface area contributed by atoms with Crippen LogP contribution >= 0.6 is 0 Å². The molecule has 0 saturated heterocycles. The summed E-state index contributed by atoms with van der Waals surface area (Å²) in [6.45, 7) is 0.